The number of benzene rings is 3. The summed E-state index contributed by atoms with van der Waals surface area (Å²) in [6.07, 6.45) is 2.04. The number of nitrogens with zero attached hydrogens (tertiary/aromatic N) is 1. The number of esters is 1. The van der Waals surface area contributed by atoms with Gasteiger partial charge < -0.3 is 14.4 Å². The zero-order chi connectivity index (χ0) is 23.8. The van der Waals surface area contributed by atoms with E-state index < -0.39 is 11.6 Å². The maximum absolute atomic E-state index is 12.7. The number of carboxylic acid groups (broad SMARTS) is 1. The summed E-state index contributed by atoms with van der Waals surface area (Å²) >= 11 is 0. The van der Waals surface area contributed by atoms with Gasteiger partial charge in [-0.15, -0.1) is 0 Å². The van der Waals surface area contributed by atoms with E-state index in [-0.39, 0.29) is 11.5 Å². The Bertz CT molecular complexity index is 1340. The van der Waals surface area contributed by atoms with Crippen LogP contribution in [0.4, 0.5) is 0 Å². The summed E-state index contributed by atoms with van der Waals surface area (Å²) in [6.45, 7) is 8.22. The summed E-state index contributed by atoms with van der Waals surface area (Å²) in [5.41, 5.74) is 5.19. The number of aromatic carboxylic acids is 1. The topological polar surface area (TPSA) is 68.5 Å². The molecule has 0 atom stereocenters. The van der Waals surface area contributed by atoms with Gasteiger partial charge in [0.05, 0.1) is 11.1 Å². The summed E-state index contributed by atoms with van der Waals surface area (Å²) in [7, 11) is 0. The Morgan fingerprint density at radius 3 is 2.33 bits per heavy atom. The molecular weight excluding hydrogens is 414 g/mol. The fourth-order valence-electron chi connectivity index (χ4n) is 3.97. The SMILES string of the molecule is Cc1cn(Cc2ccc(-c3ccccc3C(=O)OC(C)(C)C)cc2)c2ccc(C(=O)O)cc12. The summed E-state index contributed by atoms with van der Waals surface area (Å²) in [5, 5.41) is 10.2. The van der Waals surface area contributed by atoms with Crippen molar-refractivity contribution in [3.63, 3.8) is 0 Å². The average molecular weight is 442 g/mol. The van der Waals surface area contributed by atoms with Gasteiger partial charge in [0.15, 0.2) is 0 Å². The van der Waals surface area contributed by atoms with Crippen molar-refractivity contribution in [2.24, 2.45) is 0 Å². The molecule has 0 spiro atoms. The molecule has 0 saturated heterocycles. The molecule has 33 heavy (non-hydrogen) atoms. The maximum atomic E-state index is 12.7. The number of rotatable bonds is 5. The van der Waals surface area contributed by atoms with Gasteiger partial charge in [0.1, 0.15) is 5.60 Å². The number of hydrogen-bond acceptors (Lipinski definition) is 3. The molecule has 4 aromatic rings. The van der Waals surface area contributed by atoms with Crippen LogP contribution in [0.25, 0.3) is 22.0 Å². The number of hydrogen-bond donors (Lipinski definition) is 1. The lowest BCUT2D eigenvalue weighted by molar-refractivity contribution is 0.00702. The van der Waals surface area contributed by atoms with Gasteiger partial charge in [-0.3, -0.25) is 0 Å². The van der Waals surface area contributed by atoms with Crippen molar-refractivity contribution >= 4 is 22.8 Å². The number of carbonyl (C=O) groups excluding carboxylic acids is 1. The van der Waals surface area contributed by atoms with Crippen LogP contribution in [0.2, 0.25) is 0 Å². The quantitative estimate of drug-likeness (QED) is 0.368. The first-order valence-corrected chi connectivity index (χ1v) is 10.9. The van der Waals surface area contributed by atoms with E-state index in [1.165, 1.54) is 0 Å². The highest BCUT2D eigenvalue weighted by atomic mass is 16.6. The van der Waals surface area contributed by atoms with Crippen LogP contribution in [-0.4, -0.2) is 27.2 Å². The third kappa shape index (κ3) is 4.82. The molecule has 0 aliphatic carbocycles. The van der Waals surface area contributed by atoms with E-state index in [2.05, 4.69) is 4.57 Å². The first-order chi connectivity index (χ1) is 15.6. The van der Waals surface area contributed by atoms with Crippen LogP contribution in [0.15, 0.2) is 72.9 Å². The molecule has 0 radical (unpaired) electrons. The molecule has 0 saturated carbocycles. The van der Waals surface area contributed by atoms with Crippen molar-refractivity contribution in [2.45, 2.75) is 39.8 Å². The molecule has 1 heterocycles. The second-order valence-corrected chi connectivity index (χ2v) is 9.22. The fourth-order valence-corrected chi connectivity index (χ4v) is 3.97. The number of carbonyl (C=O) groups is 2. The molecule has 0 aliphatic rings. The first-order valence-electron chi connectivity index (χ1n) is 10.9. The Morgan fingerprint density at radius 2 is 1.67 bits per heavy atom. The fraction of sp³-hybridized carbons (Fsp3) is 0.214. The number of fused-ring (bicyclic) bond motifs is 1. The Hall–Kier alpha value is -3.86. The van der Waals surface area contributed by atoms with Gasteiger partial charge in [-0.05, 0) is 74.2 Å². The molecule has 0 aliphatic heterocycles. The van der Waals surface area contributed by atoms with Crippen molar-refractivity contribution in [1.29, 1.82) is 0 Å². The third-order valence-corrected chi connectivity index (χ3v) is 5.49. The van der Waals surface area contributed by atoms with Crippen LogP contribution in [0, 0.1) is 6.92 Å². The van der Waals surface area contributed by atoms with Crippen molar-refractivity contribution in [1.82, 2.24) is 4.57 Å². The van der Waals surface area contributed by atoms with Gasteiger partial charge in [0, 0.05) is 23.6 Å². The molecule has 0 unspecified atom stereocenters. The maximum Gasteiger partial charge on any atom is 0.339 e. The van der Waals surface area contributed by atoms with E-state index in [1.807, 2.05) is 82.4 Å². The second kappa shape index (κ2) is 8.58. The summed E-state index contributed by atoms with van der Waals surface area (Å²) in [5.74, 6) is -1.26. The van der Waals surface area contributed by atoms with Crippen LogP contribution in [0.5, 0.6) is 0 Å². The highest BCUT2D eigenvalue weighted by Gasteiger charge is 2.20. The van der Waals surface area contributed by atoms with Gasteiger partial charge in [0.25, 0.3) is 0 Å². The molecule has 168 valence electrons. The molecular formula is C28H27NO4. The first kappa shape index (κ1) is 22.3. The van der Waals surface area contributed by atoms with E-state index >= 15 is 0 Å². The number of carboxylic acids is 1. The van der Waals surface area contributed by atoms with Crippen LogP contribution in [0.1, 0.15) is 52.6 Å². The standard InChI is InChI=1S/C28H27NO4/c1-18-16-29(25-14-13-21(26(30)31)15-24(18)25)17-19-9-11-20(12-10-19)22-7-5-6-8-23(22)27(32)33-28(2,3)4/h5-16H,17H2,1-4H3,(H,30,31). The van der Waals surface area contributed by atoms with E-state index in [1.54, 1.807) is 18.2 Å². The van der Waals surface area contributed by atoms with Crippen molar-refractivity contribution in [3.05, 3.63) is 95.2 Å². The monoisotopic (exact) mass is 441 g/mol. The molecule has 1 N–H and O–H groups in total. The zero-order valence-electron chi connectivity index (χ0n) is 19.3. The Labute approximate surface area is 193 Å². The van der Waals surface area contributed by atoms with Gasteiger partial charge in [0.2, 0.25) is 0 Å². The Morgan fingerprint density at radius 1 is 0.970 bits per heavy atom. The largest absolute Gasteiger partial charge is 0.478 e. The lowest BCUT2D eigenvalue weighted by Crippen LogP contribution is -2.24. The van der Waals surface area contributed by atoms with E-state index in [0.29, 0.717) is 12.1 Å². The Balaban J connectivity index is 1.61. The number of aromatic nitrogens is 1. The molecule has 0 fully saturated rings. The minimum Gasteiger partial charge on any atom is -0.478 e. The van der Waals surface area contributed by atoms with E-state index in [0.717, 1.165) is 33.2 Å². The normalized spacial score (nSPS) is 11.5. The van der Waals surface area contributed by atoms with Crippen molar-refractivity contribution in [3.8, 4) is 11.1 Å². The molecule has 5 heteroatoms. The highest BCUT2D eigenvalue weighted by Crippen LogP contribution is 2.27. The summed E-state index contributed by atoms with van der Waals surface area (Å²) < 4.78 is 7.70. The number of aryl methyl sites for hydroxylation is 1. The molecule has 1 aromatic heterocycles. The summed E-state index contributed by atoms with van der Waals surface area (Å²) in [6, 6.07) is 20.8. The minimum absolute atomic E-state index is 0.288. The predicted molar refractivity (Wildman–Crippen MR) is 130 cm³/mol. The smallest absolute Gasteiger partial charge is 0.339 e. The van der Waals surface area contributed by atoms with Gasteiger partial charge in [-0.25, -0.2) is 9.59 Å². The molecule has 3 aromatic carbocycles. The van der Waals surface area contributed by atoms with Crippen LogP contribution in [-0.2, 0) is 11.3 Å². The average Bonchev–Trinajstić information content (AvgIpc) is 3.08. The predicted octanol–water partition coefficient (Wildman–Crippen LogP) is 6.32. The van der Waals surface area contributed by atoms with Crippen molar-refractivity contribution < 1.29 is 19.4 Å². The van der Waals surface area contributed by atoms with Crippen LogP contribution < -0.4 is 0 Å². The molecule has 0 amide bonds. The lowest BCUT2D eigenvalue weighted by Gasteiger charge is -2.20. The van der Waals surface area contributed by atoms with Gasteiger partial charge >= 0.3 is 11.9 Å². The van der Waals surface area contributed by atoms with Crippen LogP contribution >= 0.6 is 0 Å². The zero-order valence-corrected chi connectivity index (χ0v) is 19.3. The van der Waals surface area contributed by atoms with E-state index in [9.17, 15) is 14.7 Å². The summed E-state index contributed by atoms with van der Waals surface area (Å²) in [4.78, 5) is 24.0. The highest BCUT2D eigenvalue weighted by molar-refractivity contribution is 5.97. The Kier molecular flexibility index (Phi) is 5.81. The lowest BCUT2D eigenvalue weighted by atomic mass is 9.98. The minimum atomic E-state index is -0.925. The van der Waals surface area contributed by atoms with Crippen LogP contribution in [0.3, 0.4) is 0 Å². The number of ether oxygens (including phenoxy) is 1. The molecule has 4 rings (SSSR count). The second-order valence-electron chi connectivity index (χ2n) is 9.22. The van der Waals surface area contributed by atoms with Gasteiger partial charge in [-0.1, -0.05) is 42.5 Å². The third-order valence-electron chi connectivity index (χ3n) is 5.49. The molecule has 5 nitrogen and oxygen atoms in total. The van der Waals surface area contributed by atoms with Crippen molar-refractivity contribution in [2.75, 3.05) is 0 Å². The van der Waals surface area contributed by atoms with E-state index in [4.69, 9.17) is 4.74 Å². The van der Waals surface area contributed by atoms with Gasteiger partial charge in [-0.2, -0.15) is 0 Å². The molecule has 0 bridgehead atoms.